The fourth-order valence-corrected chi connectivity index (χ4v) is 3.05. The Balaban J connectivity index is 1.60. The molecule has 3 rings (SSSR count). The van der Waals surface area contributed by atoms with Crippen LogP contribution >= 0.6 is 0 Å². The van der Waals surface area contributed by atoms with Crippen LogP contribution in [0.5, 0.6) is 0 Å². The Morgan fingerprint density at radius 1 is 1.17 bits per heavy atom. The van der Waals surface area contributed by atoms with E-state index in [2.05, 4.69) is 15.6 Å². The van der Waals surface area contributed by atoms with Gasteiger partial charge in [0, 0.05) is 11.8 Å². The summed E-state index contributed by atoms with van der Waals surface area (Å²) in [5, 5.41) is 14.7. The first-order chi connectivity index (χ1) is 16.5. The third-order valence-corrected chi connectivity index (χ3v) is 4.65. The number of nitrogens with zero attached hydrogens (tertiary/aromatic N) is 1. The lowest BCUT2D eigenvalue weighted by atomic mass is 10.1. The molecule has 9 nitrogen and oxygen atoms in total. The Hall–Kier alpha value is -4.35. The quantitative estimate of drug-likeness (QED) is 0.417. The summed E-state index contributed by atoms with van der Waals surface area (Å²) in [6.07, 6.45) is -3.22. The number of hydrogen-bond acceptors (Lipinski definition) is 7. The molecule has 2 amide bonds. The third kappa shape index (κ3) is 6.16. The lowest BCUT2D eigenvalue weighted by Crippen LogP contribution is -2.34. The highest BCUT2D eigenvalue weighted by molar-refractivity contribution is 6.39. The Labute approximate surface area is 197 Å². The van der Waals surface area contributed by atoms with Gasteiger partial charge in [-0.1, -0.05) is 6.07 Å². The molecule has 0 unspecified atom stereocenters. The van der Waals surface area contributed by atoms with Crippen molar-refractivity contribution in [2.75, 3.05) is 11.9 Å². The van der Waals surface area contributed by atoms with Crippen LogP contribution in [0.4, 0.5) is 18.9 Å². The Kier molecular flexibility index (Phi) is 7.43. The molecular weight excluding hydrogens is 471 g/mol. The van der Waals surface area contributed by atoms with Crippen LogP contribution in [-0.2, 0) is 31.8 Å². The summed E-state index contributed by atoms with van der Waals surface area (Å²) in [5.74, 6) is -2.83. The molecule has 0 radical (unpaired) electrons. The maximum atomic E-state index is 12.8. The number of hydrogen-bond donors (Lipinski definition) is 3. The van der Waals surface area contributed by atoms with Crippen molar-refractivity contribution in [1.82, 2.24) is 5.32 Å². The van der Waals surface area contributed by atoms with Crippen LogP contribution in [0.25, 0.3) is 6.08 Å². The van der Waals surface area contributed by atoms with Crippen LogP contribution < -0.4 is 10.6 Å². The van der Waals surface area contributed by atoms with Gasteiger partial charge in [0.1, 0.15) is 22.8 Å². The fraction of sp³-hybridized carbons (Fsp3) is 0.217. The van der Waals surface area contributed by atoms with Crippen molar-refractivity contribution in [3.8, 4) is 0 Å². The summed E-state index contributed by atoms with van der Waals surface area (Å²) >= 11 is 0. The van der Waals surface area contributed by atoms with E-state index in [1.165, 1.54) is 31.2 Å². The molecule has 0 bridgehead atoms. The number of aliphatic hydroxyl groups is 1. The van der Waals surface area contributed by atoms with E-state index in [4.69, 9.17) is 9.15 Å². The second-order valence-corrected chi connectivity index (χ2v) is 7.19. The SMILES string of the molecule is CCOC(=O)C1=C(O)/C(=C\c2ccc(CNC(=O)C(=O)Nc3cccc(C(F)(F)F)c3)o2)N=C1C. The van der Waals surface area contributed by atoms with E-state index in [0.717, 1.165) is 12.1 Å². The summed E-state index contributed by atoms with van der Waals surface area (Å²) < 4.78 is 48.7. The first kappa shape index (κ1) is 25.3. The second-order valence-electron chi connectivity index (χ2n) is 7.19. The number of esters is 1. The van der Waals surface area contributed by atoms with E-state index in [1.54, 1.807) is 6.92 Å². The largest absolute Gasteiger partial charge is 0.505 e. The number of ether oxygens (including phenoxy) is 1. The van der Waals surface area contributed by atoms with Crippen LogP contribution in [-0.4, -0.2) is 35.2 Å². The lowest BCUT2D eigenvalue weighted by Gasteiger charge is -2.09. The number of carbonyl (C=O) groups is 3. The number of aliphatic imine (C=N–C) groups is 1. The minimum absolute atomic E-state index is 0.0519. The number of amides is 2. The molecule has 1 aliphatic rings. The van der Waals surface area contributed by atoms with E-state index in [9.17, 15) is 32.7 Å². The fourth-order valence-electron chi connectivity index (χ4n) is 3.05. The average Bonchev–Trinajstić information content (AvgIpc) is 3.35. The predicted octanol–water partition coefficient (Wildman–Crippen LogP) is 3.74. The van der Waals surface area contributed by atoms with Gasteiger partial charge in [-0.3, -0.25) is 9.59 Å². The predicted molar refractivity (Wildman–Crippen MR) is 118 cm³/mol. The first-order valence-corrected chi connectivity index (χ1v) is 10.2. The highest BCUT2D eigenvalue weighted by Gasteiger charge is 2.31. The van der Waals surface area contributed by atoms with Gasteiger partial charge in [0.25, 0.3) is 0 Å². The van der Waals surface area contributed by atoms with Crippen LogP contribution in [0.3, 0.4) is 0 Å². The maximum Gasteiger partial charge on any atom is 0.416 e. The summed E-state index contributed by atoms with van der Waals surface area (Å²) in [7, 11) is 0. The number of benzene rings is 1. The Morgan fingerprint density at radius 3 is 2.60 bits per heavy atom. The lowest BCUT2D eigenvalue weighted by molar-refractivity contribution is -0.138. The smallest absolute Gasteiger partial charge is 0.416 e. The Morgan fingerprint density at radius 2 is 1.91 bits per heavy atom. The minimum atomic E-state index is -4.59. The van der Waals surface area contributed by atoms with E-state index < -0.39 is 29.5 Å². The highest BCUT2D eigenvalue weighted by atomic mass is 19.4. The number of anilines is 1. The standard InChI is InChI=1S/C23H20F3N3O6/c1-3-34-22(33)18-12(2)28-17(19(18)30)10-15-7-8-16(35-15)11-27-20(31)21(32)29-14-6-4-5-13(9-14)23(24,25)26/h4-10,30H,3,11H2,1-2H3,(H,27,31)(H,29,32)/b17-10+. The zero-order valence-corrected chi connectivity index (χ0v) is 18.5. The number of furan rings is 1. The normalized spacial score (nSPS) is 14.7. The van der Waals surface area contributed by atoms with Gasteiger partial charge in [-0.2, -0.15) is 13.2 Å². The van der Waals surface area contributed by atoms with E-state index in [-0.39, 0.29) is 53.1 Å². The van der Waals surface area contributed by atoms with Crippen molar-refractivity contribution in [2.45, 2.75) is 26.6 Å². The molecule has 184 valence electrons. The van der Waals surface area contributed by atoms with Gasteiger partial charge in [0.15, 0.2) is 5.76 Å². The molecule has 2 aromatic rings. The molecule has 1 aliphatic heterocycles. The van der Waals surface area contributed by atoms with Gasteiger partial charge in [-0.25, -0.2) is 9.79 Å². The minimum Gasteiger partial charge on any atom is -0.505 e. The molecule has 35 heavy (non-hydrogen) atoms. The summed E-state index contributed by atoms with van der Waals surface area (Å²) in [4.78, 5) is 40.1. The molecule has 0 spiro atoms. The number of aliphatic hydroxyl groups excluding tert-OH is 1. The number of rotatable bonds is 6. The van der Waals surface area contributed by atoms with Crippen molar-refractivity contribution < 1.29 is 41.8 Å². The van der Waals surface area contributed by atoms with Crippen molar-refractivity contribution in [1.29, 1.82) is 0 Å². The zero-order chi connectivity index (χ0) is 25.8. The molecule has 12 heteroatoms. The molecule has 1 aromatic carbocycles. The van der Waals surface area contributed by atoms with Gasteiger partial charge >= 0.3 is 24.0 Å². The van der Waals surface area contributed by atoms with Crippen LogP contribution in [0.15, 0.2) is 62.8 Å². The molecular formula is C23H20F3N3O6. The van der Waals surface area contributed by atoms with Gasteiger partial charge in [0.2, 0.25) is 0 Å². The van der Waals surface area contributed by atoms with Crippen LogP contribution in [0.2, 0.25) is 0 Å². The second kappa shape index (κ2) is 10.3. The Bertz CT molecular complexity index is 1260. The van der Waals surface area contributed by atoms with Crippen molar-refractivity contribution in [3.63, 3.8) is 0 Å². The topological polar surface area (TPSA) is 130 Å². The van der Waals surface area contributed by atoms with E-state index in [0.29, 0.717) is 6.07 Å². The highest BCUT2D eigenvalue weighted by Crippen LogP contribution is 2.30. The van der Waals surface area contributed by atoms with Crippen molar-refractivity contribution >= 4 is 35.3 Å². The van der Waals surface area contributed by atoms with Gasteiger partial charge in [-0.15, -0.1) is 0 Å². The number of nitrogens with one attached hydrogen (secondary N) is 2. The van der Waals surface area contributed by atoms with Crippen molar-refractivity contribution in [2.24, 2.45) is 4.99 Å². The average molecular weight is 491 g/mol. The molecule has 3 N–H and O–H groups in total. The van der Waals surface area contributed by atoms with Crippen LogP contribution in [0.1, 0.15) is 30.9 Å². The number of halogens is 3. The monoisotopic (exact) mass is 491 g/mol. The molecule has 0 saturated heterocycles. The maximum absolute atomic E-state index is 12.8. The first-order valence-electron chi connectivity index (χ1n) is 10.2. The summed E-state index contributed by atoms with van der Waals surface area (Å²) in [5.41, 5.74) is -0.850. The molecule has 1 aromatic heterocycles. The van der Waals surface area contributed by atoms with Gasteiger partial charge in [-0.05, 0) is 44.2 Å². The molecule has 0 saturated carbocycles. The zero-order valence-electron chi connectivity index (χ0n) is 18.5. The molecule has 0 atom stereocenters. The molecule has 0 aliphatic carbocycles. The molecule has 2 heterocycles. The number of carbonyl (C=O) groups excluding carboxylic acids is 3. The van der Waals surface area contributed by atoms with Gasteiger partial charge in [0.05, 0.1) is 24.4 Å². The number of alkyl halides is 3. The van der Waals surface area contributed by atoms with Gasteiger partial charge < -0.3 is 24.9 Å². The summed E-state index contributed by atoms with van der Waals surface area (Å²) in [6.45, 7) is 3.10. The van der Waals surface area contributed by atoms with E-state index >= 15 is 0 Å². The summed E-state index contributed by atoms with van der Waals surface area (Å²) in [6, 6.07) is 6.88. The van der Waals surface area contributed by atoms with Crippen molar-refractivity contribution in [3.05, 3.63) is 70.5 Å². The third-order valence-electron chi connectivity index (χ3n) is 4.65. The van der Waals surface area contributed by atoms with E-state index in [1.807, 2.05) is 0 Å². The molecule has 0 fully saturated rings. The van der Waals surface area contributed by atoms with Crippen LogP contribution in [0, 0.1) is 0 Å².